The van der Waals surface area contributed by atoms with Crippen molar-refractivity contribution in [3.63, 3.8) is 0 Å². The molecule has 1 atom stereocenters. The molecule has 1 unspecified atom stereocenters. The van der Waals surface area contributed by atoms with Gasteiger partial charge in [0.05, 0.1) is 5.69 Å². The summed E-state index contributed by atoms with van der Waals surface area (Å²) in [5, 5.41) is 0. The summed E-state index contributed by atoms with van der Waals surface area (Å²) in [5.41, 5.74) is 4.44. The van der Waals surface area contributed by atoms with Crippen molar-refractivity contribution < 1.29 is 4.79 Å². The Morgan fingerprint density at radius 1 is 1.25 bits per heavy atom. The van der Waals surface area contributed by atoms with E-state index < -0.39 is 0 Å². The lowest BCUT2D eigenvalue weighted by Gasteiger charge is -2.32. The van der Waals surface area contributed by atoms with Crippen molar-refractivity contribution >= 4 is 33.2 Å². The maximum atomic E-state index is 13.3. The predicted octanol–water partition coefficient (Wildman–Crippen LogP) is 4.56. The molecule has 122 valence electrons. The van der Waals surface area contributed by atoms with Crippen LogP contribution in [0.25, 0.3) is 5.65 Å². The lowest BCUT2D eigenvalue weighted by atomic mass is 9.91. The maximum Gasteiger partial charge on any atom is 0.277 e. The van der Waals surface area contributed by atoms with Crippen LogP contribution < -0.4 is 4.90 Å². The first-order valence-corrected chi connectivity index (χ1v) is 8.90. The summed E-state index contributed by atoms with van der Waals surface area (Å²) in [6.45, 7) is 4.85. The lowest BCUT2D eigenvalue weighted by Crippen LogP contribution is -2.37. The number of anilines is 1. The van der Waals surface area contributed by atoms with Gasteiger partial charge in [-0.3, -0.25) is 9.20 Å². The van der Waals surface area contributed by atoms with E-state index in [0.29, 0.717) is 11.6 Å². The fourth-order valence-electron chi connectivity index (χ4n) is 3.48. The monoisotopic (exact) mass is 383 g/mol. The van der Waals surface area contributed by atoms with Crippen molar-refractivity contribution in [1.29, 1.82) is 0 Å². The fourth-order valence-corrected chi connectivity index (χ4v) is 3.82. The minimum absolute atomic E-state index is 0.0115. The van der Waals surface area contributed by atoms with Gasteiger partial charge in [-0.2, -0.15) is 0 Å². The maximum absolute atomic E-state index is 13.3. The Bertz CT molecular complexity index is 947. The first-order chi connectivity index (χ1) is 11.6. The van der Waals surface area contributed by atoms with Gasteiger partial charge < -0.3 is 4.90 Å². The van der Waals surface area contributed by atoms with E-state index in [9.17, 15) is 4.79 Å². The van der Waals surface area contributed by atoms with Gasteiger partial charge in [-0.05, 0) is 59.0 Å². The lowest BCUT2D eigenvalue weighted by molar-refractivity contribution is 0.0978. The van der Waals surface area contributed by atoms with Crippen molar-refractivity contribution in [2.75, 3.05) is 11.4 Å². The molecule has 3 heterocycles. The Morgan fingerprint density at radius 3 is 2.88 bits per heavy atom. The highest BCUT2D eigenvalue weighted by atomic mass is 79.9. The zero-order valence-corrected chi connectivity index (χ0v) is 15.2. The molecule has 0 fully saturated rings. The van der Waals surface area contributed by atoms with E-state index in [4.69, 9.17) is 0 Å². The molecule has 2 aromatic heterocycles. The second kappa shape index (κ2) is 5.74. The number of hydrogen-bond acceptors (Lipinski definition) is 2. The summed E-state index contributed by atoms with van der Waals surface area (Å²) >= 11 is 3.48. The zero-order chi connectivity index (χ0) is 16.8. The predicted molar refractivity (Wildman–Crippen MR) is 98.8 cm³/mol. The molecule has 0 radical (unpaired) electrons. The number of nitrogens with zero attached hydrogens (tertiary/aromatic N) is 3. The molecule has 5 heteroatoms. The van der Waals surface area contributed by atoms with Gasteiger partial charge >= 0.3 is 0 Å². The number of fused-ring (bicyclic) bond motifs is 2. The average molecular weight is 384 g/mol. The number of rotatable bonds is 1. The number of halogens is 1. The second-order valence-electron chi connectivity index (χ2n) is 6.33. The van der Waals surface area contributed by atoms with Crippen LogP contribution in [0, 0.1) is 6.92 Å². The van der Waals surface area contributed by atoms with Crippen LogP contribution in [-0.4, -0.2) is 21.8 Å². The highest BCUT2D eigenvalue weighted by Gasteiger charge is 2.29. The number of benzene rings is 1. The number of pyridine rings is 1. The molecule has 0 N–H and O–H groups in total. The Morgan fingerprint density at radius 2 is 2.04 bits per heavy atom. The van der Waals surface area contributed by atoms with Crippen molar-refractivity contribution in [3.8, 4) is 0 Å². The van der Waals surface area contributed by atoms with Gasteiger partial charge in [0.1, 0.15) is 11.3 Å². The molecule has 0 bridgehead atoms. The van der Waals surface area contributed by atoms with Gasteiger partial charge in [-0.1, -0.05) is 25.1 Å². The summed E-state index contributed by atoms with van der Waals surface area (Å²) in [6, 6.07) is 12.1. The molecule has 0 saturated heterocycles. The van der Waals surface area contributed by atoms with Crippen LogP contribution in [-0.2, 0) is 0 Å². The number of amides is 1. The molecule has 0 aliphatic carbocycles. The van der Waals surface area contributed by atoms with E-state index in [0.717, 1.165) is 34.5 Å². The highest BCUT2D eigenvalue weighted by molar-refractivity contribution is 9.10. The molecule has 4 nitrogen and oxygen atoms in total. The molecule has 1 aromatic carbocycles. The van der Waals surface area contributed by atoms with E-state index >= 15 is 0 Å². The Balaban J connectivity index is 1.85. The Labute approximate surface area is 149 Å². The number of carbonyl (C=O) groups excluding carboxylic acids is 1. The molecule has 1 aliphatic heterocycles. The quantitative estimate of drug-likeness (QED) is 0.617. The highest BCUT2D eigenvalue weighted by Crippen LogP contribution is 2.35. The molecular weight excluding hydrogens is 366 g/mol. The van der Waals surface area contributed by atoms with E-state index in [1.807, 2.05) is 52.8 Å². The fraction of sp³-hybridized carbons (Fsp3) is 0.263. The van der Waals surface area contributed by atoms with E-state index in [-0.39, 0.29) is 5.91 Å². The zero-order valence-electron chi connectivity index (χ0n) is 13.7. The molecule has 24 heavy (non-hydrogen) atoms. The van der Waals surface area contributed by atoms with Gasteiger partial charge in [0.2, 0.25) is 0 Å². The van der Waals surface area contributed by atoms with Gasteiger partial charge in [-0.15, -0.1) is 0 Å². The first kappa shape index (κ1) is 15.4. The normalized spacial score (nSPS) is 17.1. The van der Waals surface area contributed by atoms with Gasteiger partial charge in [0.15, 0.2) is 0 Å². The minimum Gasteiger partial charge on any atom is -0.307 e. The number of carbonyl (C=O) groups is 1. The van der Waals surface area contributed by atoms with Crippen molar-refractivity contribution in [3.05, 3.63) is 64.0 Å². The minimum atomic E-state index is 0.0115. The van der Waals surface area contributed by atoms with Crippen LogP contribution in [0.4, 0.5) is 5.69 Å². The van der Waals surface area contributed by atoms with Gasteiger partial charge in [0.25, 0.3) is 5.91 Å². The van der Waals surface area contributed by atoms with Crippen molar-refractivity contribution in [2.24, 2.45) is 0 Å². The summed E-state index contributed by atoms with van der Waals surface area (Å²) in [5.74, 6) is 0.486. The number of para-hydroxylation sites is 1. The number of hydrogen-bond donors (Lipinski definition) is 0. The molecular formula is C19H18BrN3O. The van der Waals surface area contributed by atoms with Crippen LogP contribution >= 0.6 is 15.9 Å². The van der Waals surface area contributed by atoms with E-state index in [2.05, 4.69) is 33.9 Å². The summed E-state index contributed by atoms with van der Waals surface area (Å²) in [4.78, 5) is 19.8. The van der Waals surface area contributed by atoms with Crippen LogP contribution in [0.15, 0.2) is 47.1 Å². The Hall–Kier alpha value is -2.14. The molecule has 3 aromatic rings. The summed E-state index contributed by atoms with van der Waals surface area (Å²) in [6.07, 6.45) is 2.88. The van der Waals surface area contributed by atoms with Crippen LogP contribution in [0.5, 0.6) is 0 Å². The molecule has 0 spiro atoms. The Kier molecular flexibility index (Phi) is 3.68. The summed E-state index contributed by atoms with van der Waals surface area (Å²) < 4.78 is 2.80. The van der Waals surface area contributed by atoms with Crippen LogP contribution in [0.1, 0.15) is 41.0 Å². The third-order valence-electron chi connectivity index (χ3n) is 4.75. The molecule has 4 rings (SSSR count). The largest absolute Gasteiger partial charge is 0.307 e. The number of aryl methyl sites for hydroxylation is 1. The first-order valence-electron chi connectivity index (χ1n) is 8.11. The average Bonchev–Trinajstić information content (AvgIpc) is 2.90. The van der Waals surface area contributed by atoms with Crippen molar-refractivity contribution in [2.45, 2.75) is 26.2 Å². The number of imidazole rings is 1. The van der Waals surface area contributed by atoms with Gasteiger partial charge in [-0.25, -0.2) is 4.98 Å². The molecule has 1 amide bonds. The molecule has 0 saturated carbocycles. The smallest absolute Gasteiger partial charge is 0.277 e. The van der Waals surface area contributed by atoms with Gasteiger partial charge in [0, 0.05) is 22.9 Å². The summed E-state index contributed by atoms with van der Waals surface area (Å²) in [7, 11) is 0. The standard InChI is InChI=1S/C19H18BrN3O/c1-12-9-10-22(16-6-4-3-5-15(12)16)19(24)18-13(2)21-17-8-7-14(20)11-23(17)18/h3-8,11-12H,9-10H2,1-2H3. The topological polar surface area (TPSA) is 37.6 Å². The number of aromatic nitrogens is 2. The SMILES string of the molecule is Cc1nc2ccc(Br)cn2c1C(=O)N1CCC(C)c2ccccc21. The second-order valence-corrected chi connectivity index (χ2v) is 7.24. The van der Waals surface area contributed by atoms with E-state index in [1.165, 1.54) is 5.56 Å². The van der Waals surface area contributed by atoms with Crippen LogP contribution in [0.2, 0.25) is 0 Å². The van der Waals surface area contributed by atoms with Crippen molar-refractivity contribution in [1.82, 2.24) is 9.38 Å². The third-order valence-corrected chi connectivity index (χ3v) is 5.22. The van der Waals surface area contributed by atoms with Crippen LogP contribution in [0.3, 0.4) is 0 Å². The molecule has 1 aliphatic rings. The van der Waals surface area contributed by atoms with E-state index in [1.54, 1.807) is 0 Å². The third kappa shape index (κ3) is 2.35.